The summed E-state index contributed by atoms with van der Waals surface area (Å²) in [6, 6.07) is 8.01. The van der Waals surface area contributed by atoms with Gasteiger partial charge in [0.15, 0.2) is 0 Å². The fraction of sp³-hybridized carbons (Fsp3) is 0.524. The van der Waals surface area contributed by atoms with Crippen LogP contribution >= 0.6 is 24.0 Å². The van der Waals surface area contributed by atoms with Gasteiger partial charge >= 0.3 is 0 Å². The molecule has 1 aromatic heterocycles. The molecule has 0 radical (unpaired) electrons. The molecule has 0 unspecified atom stereocenters. The standard InChI is InChI=1S/C21H28N2O2S2/c1-5-27-16-10-8-9-15(24-4)19(16)20(26)22-18-13-17(23-25-18)21(14(2)3)11-6-7-12-21/h8-10,13-14H,5-7,11-12H2,1-4H3,(H,22,26). The summed E-state index contributed by atoms with van der Waals surface area (Å²) in [5.41, 5.74) is 2.07. The third kappa shape index (κ3) is 4.02. The molecule has 1 N–H and O–H groups in total. The van der Waals surface area contributed by atoms with E-state index in [0.29, 0.717) is 16.8 Å². The molecule has 1 aliphatic carbocycles. The number of ether oxygens (including phenoxy) is 1. The second-order valence-electron chi connectivity index (χ2n) is 7.31. The maximum Gasteiger partial charge on any atom is 0.229 e. The Morgan fingerprint density at radius 2 is 2.11 bits per heavy atom. The van der Waals surface area contributed by atoms with Crippen LogP contribution in [0.1, 0.15) is 57.7 Å². The van der Waals surface area contributed by atoms with Gasteiger partial charge in [-0.25, -0.2) is 0 Å². The van der Waals surface area contributed by atoms with Gasteiger partial charge in [-0.3, -0.25) is 0 Å². The van der Waals surface area contributed by atoms with Crippen molar-refractivity contribution in [2.75, 3.05) is 18.2 Å². The monoisotopic (exact) mass is 404 g/mol. The highest BCUT2D eigenvalue weighted by Gasteiger charge is 2.41. The van der Waals surface area contributed by atoms with Crippen LogP contribution in [0.25, 0.3) is 0 Å². The lowest BCUT2D eigenvalue weighted by molar-refractivity contribution is 0.287. The first-order valence-corrected chi connectivity index (χ1v) is 11.0. The number of hydrogen-bond acceptors (Lipinski definition) is 5. The molecular weight excluding hydrogens is 376 g/mol. The number of thiocarbonyl (C=S) groups is 1. The molecule has 1 heterocycles. The van der Waals surface area contributed by atoms with E-state index in [-0.39, 0.29) is 5.41 Å². The summed E-state index contributed by atoms with van der Waals surface area (Å²) in [5.74, 6) is 2.86. The Bertz CT molecular complexity index is 795. The summed E-state index contributed by atoms with van der Waals surface area (Å²) in [4.78, 5) is 1.69. The lowest BCUT2D eigenvalue weighted by Crippen LogP contribution is -2.29. The number of nitrogens with one attached hydrogen (secondary N) is 1. The molecule has 0 spiro atoms. The van der Waals surface area contributed by atoms with Crippen LogP contribution in [-0.2, 0) is 5.41 Å². The summed E-state index contributed by atoms with van der Waals surface area (Å²) in [6.45, 7) is 6.68. The van der Waals surface area contributed by atoms with E-state index in [0.717, 1.165) is 27.7 Å². The maximum absolute atomic E-state index is 5.69. The van der Waals surface area contributed by atoms with Crippen molar-refractivity contribution < 1.29 is 9.26 Å². The maximum atomic E-state index is 5.69. The van der Waals surface area contributed by atoms with Crippen molar-refractivity contribution in [3.8, 4) is 5.75 Å². The molecule has 4 nitrogen and oxygen atoms in total. The van der Waals surface area contributed by atoms with Crippen LogP contribution in [0.15, 0.2) is 33.7 Å². The van der Waals surface area contributed by atoms with Crippen LogP contribution < -0.4 is 10.1 Å². The van der Waals surface area contributed by atoms with Crippen molar-refractivity contribution in [3.63, 3.8) is 0 Å². The summed E-state index contributed by atoms with van der Waals surface area (Å²) < 4.78 is 11.2. The smallest absolute Gasteiger partial charge is 0.229 e. The molecule has 1 saturated carbocycles. The van der Waals surface area contributed by atoms with Crippen LogP contribution in [0, 0.1) is 5.92 Å². The van der Waals surface area contributed by atoms with Gasteiger partial charge in [-0.1, -0.05) is 57.1 Å². The third-order valence-electron chi connectivity index (χ3n) is 5.59. The molecular formula is C21H28N2O2S2. The highest BCUT2D eigenvalue weighted by Crippen LogP contribution is 2.46. The molecule has 1 aromatic carbocycles. The number of hydrogen-bond donors (Lipinski definition) is 1. The number of rotatable bonds is 7. The second-order valence-corrected chi connectivity index (χ2v) is 9.03. The first-order valence-electron chi connectivity index (χ1n) is 9.60. The summed E-state index contributed by atoms with van der Waals surface area (Å²) >= 11 is 7.43. The molecule has 6 heteroatoms. The SMILES string of the molecule is CCSc1cccc(OC)c1C(=S)Nc1cc(C2(C(C)C)CCCC2)no1. The minimum Gasteiger partial charge on any atom is -0.496 e. The van der Waals surface area contributed by atoms with Crippen LogP contribution in [-0.4, -0.2) is 23.0 Å². The van der Waals surface area contributed by atoms with E-state index in [9.17, 15) is 0 Å². The van der Waals surface area contributed by atoms with Crippen LogP contribution in [0.5, 0.6) is 5.75 Å². The molecule has 1 aliphatic rings. The fourth-order valence-corrected chi connectivity index (χ4v) is 5.27. The molecule has 0 saturated heterocycles. The Morgan fingerprint density at radius 3 is 2.74 bits per heavy atom. The van der Waals surface area contributed by atoms with Crippen LogP contribution in [0.3, 0.4) is 0 Å². The summed E-state index contributed by atoms with van der Waals surface area (Å²) in [5, 5.41) is 7.65. The van der Waals surface area contributed by atoms with E-state index >= 15 is 0 Å². The van der Waals surface area contributed by atoms with Gasteiger partial charge in [0.05, 0.1) is 18.4 Å². The van der Waals surface area contributed by atoms with E-state index in [4.69, 9.17) is 21.5 Å². The summed E-state index contributed by atoms with van der Waals surface area (Å²) in [6.07, 6.45) is 4.85. The van der Waals surface area contributed by atoms with Gasteiger partial charge in [-0.15, -0.1) is 11.8 Å². The largest absolute Gasteiger partial charge is 0.496 e. The average molecular weight is 405 g/mol. The lowest BCUT2D eigenvalue weighted by Gasteiger charge is -2.30. The van der Waals surface area contributed by atoms with Gasteiger partial charge in [0.25, 0.3) is 0 Å². The third-order valence-corrected chi connectivity index (χ3v) is 6.84. The van der Waals surface area contributed by atoms with E-state index in [1.165, 1.54) is 25.7 Å². The van der Waals surface area contributed by atoms with Crippen molar-refractivity contribution >= 4 is 34.9 Å². The van der Waals surface area contributed by atoms with Crippen molar-refractivity contribution in [1.29, 1.82) is 0 Å². The van der Waals surface area contributed by atoms with Crippen molar-refractivity contribution in [1.82, 2.24) is 5.16 Å². The van der Waals surface area contributed by atoms with E-state index in [1.807, 2.05) is 18.2 Å². The molecule has 0 aliphatic heterocycles. The number of benzene rings is 1. The molecule has 27 heavy (non-hydrogen) atoms. The fourth-order valence-electron chi connectivity index (χ4n) is 4.06. The van der Waals surface area contributed by atoms with Gasteiger partial charge in [-0.05, 0) is 36.6 Å². The zero-order chi connectivity index (χ0) is 19.4. The molecule has 1 fully saturated rings. The van der Waals surface area contributed by atoms with Crippen LogP contribution in [0.2, 0.25) is 0 Å². The predicted molar refractivity (Wildman–Crippen MR) is 116 cm³/mol. The van der Waals surface area contributed by atoms with Gasteiger partial charge in [-0.2, -0.15) is 0 Å². The zero-order valence-corrected chi connectivity index (χ0v) is 18.1. The molecule has 0 atom stereocenters. The van der Waals surface area contributed by atoms with Gasteiger partial charge in [0.1, 0.15) is 10.7 Å². The molecule has 3 rings (SSSR count). The highest BCUT2D eigenvalue weighted by molar-refractivity contribution is 7.99. The Hall–Kier alpha value is -1.53. The van der Waals surface area contributed by atoms with Gasteiger partial charge < -0.3 is 14.6 Å². The normalized spacial score (nSPS) is 15.9. The number of nitrogens with zero attached hydrogens (tertiary/aromatic N) is 1. The Balaban J connectivity index is 1.85. The lowest BCUT2D eigenvalue weighted by atomic mass is 9.73. The molecule has 2 aromatic rings. The minimum atomic E-state index is 0.124. The van der Waals surface area contributed by atoms with Gasteiger partial charge in [0.2, 0.25) is 5.88 Å². The zero-order valence-electron chi connectivity index (χ0n) is 16.5. The Kier molecular flexibility index (Phi) is 6.48. The van der Waals surface area contributed by atoms with E-state index in [2.05, 4.69) is 37.3 Å². The van der Waals surface area contributed by atoms with E-state index < -0.39 is 0 Å². The van der Waals surface area contributed by atoms with Crippen LogP contribution in [0.4, 0.5) is 5.88 Å². The van der Waals surface area contributed by atoms with Crippen molar-refractivity contribution in [3.05, 3.63) is 35.5 Å². The predicted octanol–water partition coefficient (Wildman–Crippen LogP) is 6.05. The molecule has 146 valence electrons. The second kappa shape index (κ2) is 8.65. The number of aromatic nitrogens is 1. The molecule has 0 bridgehead atoms. The molecule has 0 amide bonds. The summed E-state index contributed by atoms with van der Waals surface area (Å²) in [7, 11) is 1.67. The average Bonchev–Trinajstić information content (AvgIpc) is 3.31. The number of anilines is 1. The Labute approximate surface area is 171 Å². The quantitative estimate of drug-likeness (QED) is 0.448. The van der Waals surface area contributed by atoms with E-state index in [1.54, 1.807) is 18.9 Å². The number of methoxy groups -OCH3 is 1. The van der Waals surface area contributed by atoms with Gasteiger partial charge in [0, 0.05) is 16.4 Å². The van der Waals surface area contributed by atoms with Crippen molar-refractivity contribution in [2.45, 2.75) is 56.8 Å². The van der Waals surface area contributed by atoms with Crippen molar-refractivity contribution in [2.24, 2.45) is 5.92 Å². The number of thioether (sulfide) groups is 1. The first kappa shape index (κ1) is 20.2. The minimum absolute atomic E-state index is 0.124. The highest BCUT2D eigenvalue weighted by atomic mass is 32.2. The first-order chi connectivity index (χ1) is 13.0. The Morgan fingerprint density at radius 1 is 1.37 bits per heavy atom. The topological polar surface area (TPSA) is 47.3 Å².